The first-order valence-electron chi connectivity index (χ1n) is 9.52. The van der Waals surface area contributed by atoms with Crippen molar-refractivity contribution in [1.29, 1.82) is 0 Å². The molecular formula is C18H32N4O8. The maximum Gasteiger partial charge on any atom is 0.326 e. The van der Waals surface area contributed by atoms with Crippen LogP contribution in [0.3, 0.4) is 0 Å². The van der Waals surface area contributed by atoms with Crippen LogP contribution in [0.2, 0.25) is 0 Å². The van der Waals surface area contributed by atoms with Gasteiger partial charge in [-0.25, -0.2) is 4.79 Å². The van der Waals surface area contributed by atoms with E-state index >= 15 is 0 Å². The molecule has 0 aromatic heterocycles. The van der Waals surface area contributed by atoms with E-state index in [9.17, 15) is 29.1 Å². The van der Waals surface area contributed by atoms with E-state index in [1.165, 1.54) is 0 Å². The fraction of sp³-hybridized carbons (Fsp3) is 0.722. The summed E-state index contributed by atoms with van der Waals surface area (Å²) >= 11 is 0. The Morgan fingerprint density at radius 2 is 1.37 bits per heavy atom. The van der Waals surface area contributed by atoms with Gasteiger partial charge in [-0.05, 0) is 18.3 Å². The third-order valence-electron chi connectivity index (χ3n) is 4.11. The molecule has 0 rings (SSSR count). The molecule has 12 nitrogen and oxygen atoms in total. The summed E-state index contributed by atoms with van der Waals surface area (Å²) in [5.41, 5.74) is 5.41. The lowest BCUT2D eigenvalue weighted by Crippen LogP contribution is -2.59. The fourth-order valence-electron chi connectivity index (χ4n) is 2.49. The molecule has 12 heteroatoms. The second kappa shape index (κ2) is 12.8. The molecule has 0 radical (unpaired) electrons. The topological polar surface area (TPSA) is 208 Å². The summed E-state index contributed by atoms with van der Waals surface area (Å²) in [6.45, 7) is 6.07. The molecule has 0 aliphatic heterocycles. The third kappa shape index (κ3) is 9.65. The minimum absolute atomic E-state index is 0.0600. The Hall–Kier alpha value is -2.73. The van der Waals surface area contributed by atoms with E-state index in [-0.39, 0.29) is 12.3 Å². The third-order valence-corrected chi connectivity index (χ3v) is 4.11. The number of rotatable bonds is 13. The first-order valence-corrected chi connectivity index (χ1v) is 9.52. The number of carboxylic acid groups (broad SMARTS) is 2. The van der Waals surface area contributed by atoms with Crippen molar-refractivity contribution in [1.82, 2.24) is 16.0 Å². The van der Waals surface area contributed by atoms with Gasteiger partial charge in [0.25, 0.3) is 0 Å². The standard InChI is InChI=1S/C18H32N4O8/c1-8(2)5-12(18(29)30)21-16(27)11(6-13(24)25)20-17(28)14(9(3)4)22-15(26)10(19)7-23/h8-12,14,23H,5-7,19H2,1-4H3,(H,20,28)(H,21,27)(H,22,26)(H,24,25)(H,29,30). The van der Waals surface area contributed by atoms with Gasteiger partial charge in [0.15, 0.2) is 0 Å². The first kappa shape index (κ1) is 27.3. The highest BCUT2D eigenvalue weighted by molar-refractivity contribution is 5.95. The van der Waals surface area contributed by atoms with Gasteiger partial charge >= 0.3 is 11.9 Å². The summed E-state index contributed by atoms with van der Waals surface area (Å²) in [5, 5.41) is 34.1. The molecule has 30 heavy (non-hydrogen) atoms. The highest BCUT2D eigenvalue weighted by Crippen LogP contribution is 2.07. The maximum absolute atomic E-state index is 12.6. The molecular weight excluding hydrogens is 400 g/mol. The number of amides is 3. The minimum Gasteiger partial charge on any atom is -0.481 e. The zero-order valence-electron chi connectivity index (χ0n) is 17.5. The second-order valence-corrected chi connectivity index (χ2v) is 7.71. The van der Waals surface area contributed by atoms with Gasteiger partial charge in [0.2, 0.25) is 17.7 Å². The van der Waals surface area contributed by atoms with Crippen LogP contribution in [0.25, 0.3) is 0 Å². The molecule has 4 unspecified atom stereocenters. The number of nitrogens with two attached hydrogens (primary N) is 1. The molecule has 0 saturated heterocycles. The Labute approximate surface area is 174 Å². The van der Waals surface area contributed by atoms with E-state index in [2.05, 4.69) is 16.0 Å². The van der Waals surface area contributed by atoms with E-state index in [0.29, 0.717) is 0 Å². The first-order chi connectivity index (χ1) is 13.8. The van der Waals surface area contributed by atoms with Crippen molar-refractivity contribution >= 4 is 29.7 Å². The summed E-state index contributed by atoms with van der Waals surface area (Å²) in [5.74, 6) is -5.81. The molecule has 172 valence electrons. The van der Waals surface area contributed by atoms with Gasteiger partial charge in [0.1, 0.15) is 24.2 Å². The molecule has 0 aromatic carbocycles. The fourth-order valence-corrected chi connectivity index (χ4v) is 2.49. The molecule has 8 N–H and O–H groups in total. The van der Waals surface area contributed by atoms with Gasteiger partial charge in [-0.3, -0.25) is 19.2 Å². The summed E-state index contributed by atoms with van der Waals surface area (Å²) < 4.78 is 0. The van der Waals surface area contributed by atoms with E-state index in [1.54, 1.807) is 27.7 Å². The Bertz CT molecular complexity index is 638. The molecule has 0 aliphatic carbocycles. The monoisotopic (exact) mass is 432 g/mol. The van der Waals surface area contributed by atoms with Crippen LogP contribution in [0.5, 0.6) is 0 Å². The Morgan fingerprint density at radius 3 is 1.77 bits per heavy atom. The van der Waals surface area contributed by atoms with Crippen molar-refractivity contribution in [2.45, 2.75) is 64.7 Å². The average Bonchev–Trinajstić information content (AvgIpc) is 2.62. The van der Waals surface area contributed by atoms with Gasteiger partial charge < -0.3 is 37.0 Å². The second-order valence-electron chi connectivity index (χ2n) is 7.71. The van der Waals surface area contributed by atoms with E-state index in [1.807, 2.05) is 0 Å². The van der Waals surface area contributed by atoms with Crippen molar-refractivity contribution in [2.24, 2.45) is 17.6 Å². The number of carbonyl (C=O) groups is 5. The summed E-state index contributed by atoms with van der Waals surface area (Å²) in [4.78, 5) is 59.5. The Kier molecular flexibility index (Phi) is 11.6. The minimum atomic E-state index is -1.56. The van der Waals surface area contributed by atoms with Gasteiger partial charge in [0, 0.05) is 0 Å². The lowest BCUT2D eigenvalue weighted by Gasteiger charge is -2.26. The van der Waals surface area contributed by atoms with Crippen LogP contribution in [0.1, 0.15) is 40.5 Å². The molecule has 0 spiro atoms. The normalized spacial score (nSPS) is 15.1. The molecule has 0 heterocycles. The molecule has 0 aliphatic rings. The number of nitrogens with one attached hydrogen (secondary N) is 3. The predicted octanol–water partition coefficient (Wildman–Crippen LogP) is -1.98. The highest BCUT2D eigenvalue weighted by Gasteiger charge is 2.32. The summed E-state index contributed by atoms with van der Waals surface area (Å²) in [6.07, 6.45) is -0.682. The van der Waals surface area contributed by atoms with Crippen molar-refractivity contribution in [3.8, 4) is 0 Å². The smallest absolute Gasteiger partial charge is 0.326 e. The highest BCUT2D eigenvalue weighted by atomic mass is 16.4. The number of aliphatic hydroxyl groups is 1. The van der Waals surface area contributed by atoms with Crippen molar-refractivity contribution in [3.05, 3.63) is 0 Å². The average molecular weight is 432 g/mol. The lowest BCUT2D eigenvalue weighted by atomic mass is 10.0. The molecule has 0 fully saturated rings. The SMILES string of the molecule is CC(C)CC(NC(=O)C(CC(=O)O)NC(=O)C(NC(=O)C(N)CO)C(C)C)C(=O)O. The summed E-state index contributed by atoms with van der Waals surface area (Å²) in [7, 11) is 0. The van der Waals surface area contributed by atoms with Crippen LogP contribution in [-0.4, -0.2) is 75.8 Å². The summed E-state index contributed by atoms with van der Waals surface area (Å²) in [6, 6.07) is -5.24. The van der Waals surface area contributed by atoms with Gasteiger partial charge in [-0.2, -0.15) is 0 Å². The van der Waals surface area contributed by atoms with Crippen LogP contribution < -0.4 is 21.7 Å². The van der Waals surface area contributed by atoms with Gasteiger partial charge in [-0.1, -0.05) is 27.7 Å². The molecule has 0 aromatic rings. The van der Waals surface area contributed by atoms with Crippen LogP contribution in [-0.2, 0) is 24.0 Å². The lowest BCUT2D eigenvalue weighted by molar-refractivity contribution is -0.144. The Balaban J connectivity index is 5.43. The van der Waals surface area contributed by atoms with E-state index in [4.69, 9.17) is 15.9 Å². The van der Waals surface area contributed by atoms with Crippen molar-refractivity contribution in [2.75, 3.05) is 6.61 Å². The molecule has 3 amide bonds. The van der Waals surface area contributed by atoms with Crippen LogP contribution in [0.15, 0.2) is 0 Å². The van der Waals surface area contributed by atoms with E-state index < -0.39 is 72.8 Å². The zero-order chi connectivity index (χ0) is 23.6. The number of aliphatic carboxylic acids is 2. The van der Waals surface area contributed by atoms with Crippen LogP contribution in [0.4, 0.5) is 0 Å². The van der Waals surface area contributed by atoms with Gasteiger partial charge in [0.05, 0.1) is 13.0 Å². The van der Waals surface area contributed by atoms with Crippen LogP contribution >= 0.6 is 0 Å². The number of carbonyl (C=O) groups excluding carboxylic acids is 3. The van der Waals surface area contributed by atoms with Gasteiger partial charge in [-0.15, -0.1) is 0 Å². The van der Waals surface area contributed by atoms with Crippen molar-refractivity contribution < 1.29 is 39.3 Å². The number of carboxylic acids is 2. The molecule has 0 saturated carbocycles. The number of hydrogen-bond donors (Lipinski definition) is 7. The maximum atomic E-state index is 12.6. The molecule has 4 atom stereocenters. The predicted molar refractivity (Wildman–Crippen MR) is 105 cm³/mol. The molecule has 0 bridgehead atoms. The van der Waals surface area contributed by atoms with Crippen LogP contribution in [0, 0.1) is 11.8 Å². The number of aliphatic hydroxyl groups excluding tert-OH is 1. The largest absolute Gasteiger partial charge is 0.481 e. The van der Waals surface area contributed by atoms with E-state index in [0.717, 1.165) is 0 Å². The number of hydrogen-bond acceptors (Lipinski definition) is 7. The zero-order valence-corrected chi connectivity index (χ0v) is 17.5. The Morgan fingerprint density at radius 1 is 0.833 bits per heavy atom. The van der Waals surface area contributed by atoms with Crippen molar-refractivity contribution in [3.63, 3.8) is 0 Å². The quantitative estimate of drug-likeness (QED) is 0.172.